The average Bonchev–Trinajstić information content (AvgIpc) is 2.91. The second kappa shape index (κ2) is 14.0. The molecule has 11 heteroatoms. The van der Waals surface area contributed by atoms with Gasteiger partial charge in [0.2, 0.25) is 5.91 Å². The second-order valence-electron chi connectivity index (χ2n) is 13.8. The van der Waals surface area contributed by atoms with Crippen LogP contribution in [0.15, 0.2) is 47.4 Å². The quantitative estimate of drug-likeness (QED) is 0.214. The maximum absolute atomic E-state index is 15.8. The van der Waals surface area contributed by atoms with E-state index in [1.165, 1.54) is 6.07 Å². The number of pyridine rings is 1. The van der Waals surface area contributed by atoms with Crippen molar-refractivity contribution in [1.29, 1.82) is 0 Å². The predicted octanol–water partition coefficient (Wildman–Crippen LogP) is 7.16. The highest BCUT2D eigenvalue weighted by Gasteiger charge is 2.37. The minimum absolute atomic E-state index is 0.0240. The van der Waals surface area contributed by atoms with E-state index >= 15 is 4.39 Å². The number of benzene rings is 2. The molecule has 1 fully saturated rings. The van der Waals surface area contributed by atoms with Crippen LogP contribution in [0.3, 0.4) is 0 Å². The van der Waals surface area contributed by atoms with Crippen LogP contribution in [0.5, 0.6) is 0 Å². The highest BCUT2D eigenvalue weighted by Crippen LogP contribution is 2.36. The lowest BCUT2D eigenvalue weighted by Crippen LogP contribution is -2.42. The van der Waals surface area contributed by atoms with E-state index in [2.05, 4.69) is 5.32 Å². The number of halogens is 4. The van der Waals surface area contributed by atoms with Gasteiger partial charge in [-0.05, 0) is 104 Å². The highest BCUT2D eigenvalue weighted by molar-refractivity contribution is 5.82. The maximum Gasteiger partial charge on any atom is 0.416 e. The summed E-state index contributed by atoms with van der Waals surface area (Å²) >= 11 is 0. The van der Waals surface area contributed by atoms with Crippen molar-refractivity contribution < 1.29 is 32.3 Å². The zero-order chi connectivity index (χ0) is 34.8. The summed E-state index contributed by atoms with van der Waals surface area (Å²) in [5.41, 5.74) is 0.831. The highest BCUT2D eigenvalue weighted by atomic mass is 19.4. The number of carboxylic acid groups (broad SMARTS) is 1. The van der Waals surface area contributed by atoms with Gasteiger partial charge in [0.25, 0.3) is 5.56 Å². The van der Waals surface area contributed by atoms with Crippen LogP contribution in [-0.4, -0.2) is 46.1 Å². The molecular formula is C36H43F4N3O4. The summed E-state index contributed by atoms with van der Waals surface area (Å²) < 4.78 is 58.9. The lowest BCUT2D eigenvalue weighted by molar-refractivity contribution is -0.139. The maximum atomic E-state index is 15.8. The van der Waals surface area contributed by atoms with Crippen LogP contribution in [0.2, 0.25) is 0 Å². The number of aliphatic carboxylic acids is 1. The van der Waals surface area contributed by atoms with E-state index in [0.29, 0.717) is 18.2 Å². The molecule has 1 aromatic heterocycles. The van der Waals surface area contributed by atoms with E-state index in [4.69, 9.17) is 0 Å². The number of hydrogen-bond acceptors (Lipinski definition) is 4. The van der Waals surface area contributed by atoms with Gasteiger partial charge in [-0.1, -0.05) is 39.0 Å². The number of aromatic nitrogens is 1. The molecule has 7 nitrogen and oxygen atoms in total. The third-order valence-electron chi connectivity index (χ3n) is 8.68. The fraction of sp³-hybridized carbons (Fsp3) is 0.472. The number of hydrogen-bond donors (Lipinski definition) is 2. The van der Waals surface area contributed by atoms with Gasteiger partial charge in [-0.2, -0.15) is 13.2 Å². The van der Waals surface area contributed by atoms with Gasteiger partial charge in [-0.3, -0.25) is 14.4 Å². The SMILES string of the molecule is Cc1cc(-c2c(C)cccc2C)cc(C(CC(=O)O)NC(=O)C(CC(C)(C)C)n2cc(CCN3CCC3)c(C(F)(F)F)cc2=O)c1F. The Bertz CT molecular complexity index is 1680. The number of carboxylic acids is 1. The summed E-state index contributed by atoms with van der Waals surface area (Å²) in [7, 11) is 0. The van der Waals surface area contributed by atoms with Gasteiger partial charge in [-0.15, -0.1) is 0 Å². The molecule has 2 heterocycles. The van der Waals surface area contributed by atoms with E-state index in [1.54, 1.807) is 13.0 Å². The van der Waals surface area contributed by atoms with Gasteiger partial charge in [0.15, 0.2) is 0 Å². The van der Waals surface area contributed by atoms with Crippen molar-refractivity contribution in [3.63, 3.8) is 0 Å². The standard InChI is InChI=1S/C36H43F4N3O4/c1-21-9-7-10-22(2)32(21)25-15-23(3)33(37)26(16-25)28(18-31(45)46)41-34(47)29(19-35(4,5)6)43-20-24(11-14-42-12-8-13-42)27(17-30(43)44)36(38,39)40/h7,9-10,15-17,20,28-29H,8,11-14,18-19H2,1-6H3,(H,41,47)(H,45,46). The Balaban J connectivity index is 1.79. The molecule has 2 atom stereocenters. The Kier molecular flexibility index (Phi) is 10.7. The Labute approximate surface area is 272 Å². The number of carbonyl (C=O) groups is 2. The van der Waals surface area contributed by atoms with Crippen molar-refractivity contribution in [2.24, 2.45) is 5.41 Å². The molecule has 0 radical (unpaired) electrons. The normalized spacial score (nSPS) is 15.2. The molecule has 1 amide bonds. The van der Waals surface area contributed by atoms with E-state index in [0.717, 1.165) is 47.0 Å². The second-order valence-corrected chi connectivity index (χ2v) is 13.8. The monoisotopic (exact) mass is 657 g/mol. The lowest BCUT2D eigenvalue weighted by atomic mass is 9.87. The van der Waals surface area contributed by atoms with E-state index in [1.807, 2.05) is 57.7 Å². The van der Waals surface area contributed by atoms with Crippen LogP contribution in [0, 0.1) is 32.0 Å². The largest absolute Gasteiger partial charge is 0.481 e. The summed E-state index contributed by atoms with van der Waals surface area (Å²) in [6.07, 6.45) is -3.30. The molecule has 2 aromatic carbocycles. The third kappa shape index (κ3) is 8.68. The number of rotatable bonds is 11. The fourth-order valence-corrected chi connectivity index (χ4v) is 6.23. The minimum atomic E-state index is -4.77. The van der Waals surface area contributed by atoms with Gasteiger partial charge in [0.1, 0.15) is 11.9 Å². The number of carbonyl (C=O) groups excluding carboxylic acids is 1. The van der Waals surface area contributed by atoms with Crippen molar-refractivity contribution in [2.45, 2.75) is 85.5 Å². The zero-order valence-electron chi connectivity index (χ0n) is 27.7. The van der Waals surface area contributed by atoms with Gasteiger partial charge >= 0.3 is 12.1 Å². The molecule has 0 spiro atoms. The summed E-state index contributed by atoms with van der Waals surface area (Å²) in [5, 5.41) is 12.5. The Morgan fingerprint density at radius 3 is 2.17 bits per heavy atom. The first-order valence-electron chi connectivity index (χ1n) is 15.8. The summed E-state index contributed by atoms with van der Waals surface area (Å²) in [6.45, 7) is 12.8. The Morgan fingerprint density at radius 1 is 1.00 bits per heavy atom. The minimum Gasteiger partial charge on any atom is -0.481 e. The predicted molar refractivity (Wildman–Crippen MR) is 173 cm³/mol. The van der Waals surface area contributed by atoms with Crippen molar-refractivity contribution >= 4 is 11.9 Å². The molecule has 4 rings (SSSR count). The Morgan fingerprint density at radius 2 is 1.64 bits per heavy atom. The number of alkyl halides is 3. The molecule has 2 unspecified atom stereocenters. The number of likely N-dealkylation sites (tertiary alicyclic amines) is 1. The first-order chi connectivity index (χ1) is 21.9. The van der Waals surface area contributed by atoms with Gasteiger partial charge < -0.3 is 19.9 Å². The van der Waals surface area contributed by atoms with Gasteiger partial charge in [0.05, 0.1) is 18.0 Å². The van der Waals surface area contributed by atoms with Crippen LogP contribution < -0.4 is 10.9 Å². The third-order valence-corrected chi connectivity index (χ3v) is 8.68. The smallest absolute Gasteiger partial charge is 0.416 e. The lowest BCUT2D eigenvalue weighted by Gasteiger charge is -2.32. The van der Waals surface area contributed by atoms with Crippen LogP contribution in [0.25, 0.3) is 11.1 Å². The number of aryl methyl sites for hydroxylation is 3. The van der Waals surface area contributed by atoms with Crippen LogP contribution in [0.4, 0.5) is 17.6 Å². The van der Waals surface area contributed by atoms with E-state index in [9.17, 15) is 32.7 Å². The summed E-state index contributed by atoms with van der Waals surface area (Å²) in [4.78, 5) is 41.4. The van der Waals surface area contributed by atoms with Crippen molar-refractivity contribution in [3.8, 4) is 11.1 Å². The van der Waals surface area contributed by atoms with E-state index in [-0.39, 0.29) is 29.5 Å². The number of nitrogens with zero attached hydrogens (tertiary/aromatic N) is 2. The first-order valence-corrected chi connectivity index (χ1v) is 15.8. The topological polar surface area (TPSA) is 91.6 Å². The fourth-order valence-electron chi connectivity index (χ4n) is 6.23. The molecular weight excluding hydrogens is 614 g/mol. The summed E-state index contributed by atoms with van der Waals surface area (Å²) in [6, 6.07) is 6.81. The molecule has 47 heavy (non-hydrogen) atoms. The van der Waals surface area contributed by atoms with Crippen molar-refractivity contribution in [3.05, 3.63) is 92.1 Å². The van der Waals surface area contributed by atoms with Crippen LogP contribution >= 0.6 is 0 Å². The van der Waals surface area contributed by atoms with Crippen molar-refractivity contribution in [1.82, 2.24) is 14.8 Å². The molecule has 254 valence electrons. The zero-order valence-corrected chi connectivity index (χ0v) is 27.7. The summed E-state index contributed by atoms with van der Waals surface area (Å²) in [5.74, 6) is -2.77. The van der Waals surface area contributed by atoms with Crippen molar-refractivity contribution in [2.75, 3.05) is 19.6 Å². The average molecular weight is 658 g/mol. The van der Waals surface area contributed by atoms with Crippen LogP contribution in [-0.2, 0) is 22.2 Å². The molecule has 2 N–H and O–H groups in total. The van der Waals surface area contributed by atoms with Gasteiger partial charge in [0, 0.05) is 24.4 Å². The number of nitrogens with one attached hydrogen (secondary N) is 1. The molecule has 1 saturated heterocycles. The van der Waals surface area contributed by atoms with Gasteiger partial charge in [-0.25, -0.2) is 4.39 Å². The number of amides is 1. The van der Waals surface area contributed by atoms with Crippen LogP contribution in [0.1, 0.15) is 85.5 Å². The molecule has 1 aliphatic heterocycles. The molecule has 1 aliphatic rings. The molecule has 0 saturated carbocycles. The molecule has 3 aromatic rings. The molecule has 0 aliphatic carbocycles. The molecule has 0 bridgehead atoms. The van der Waals surface area contributed by atoms with E-state index < -0.39 is 58.9 Å². The first kappa shape index (κ1) is 35.9. The Hall–Kier alpha value is -3.99.